The van der Waals surface area contributed by atoms with E-state index >= 15 is 0 Å². The number of halogens is 1. The lowest BCUT2D eigenvalue weighted by Crippen LogP contribution is -2.57. The SMILES string of the molecule is CC1CN(C(C)Cc2ccc(Cl)cc2)C(C)CN1. The van der Waals surface area contributed by atoms with Crippen molar-refractivity contribution in [2.75, 3.05) is 13.1 Å². The summed E-state index contributed by atoms with van der Waals surface area (Å²) in [4.78, 5) is 2.61. The average molecular weight is 267 g/mol. The highest BCUT2D eigenvalue weighted by Crippen LogP contribution is 2.16. The van der Waals surface area contributed by atoms with Crippen LogP contribution in [-0.4, -0.2) is 36.1 Å². The molecule has 100 valence electrons. The van der Waals surface area contributed by atoms with E-state index in [2.05, 4.69) is 43.1 Å². The molecule has 1 aliphatic heterocycles. The zero-order valence-electron chi connectivity index (χ0n) is 11.5. The molecule has 18 heavy (non-hydrogen) atoms. The van der Waals surface area contributed by atoms with Crippen molar-refractivity contribution in [2.24, 2.45) is 0 Å². The molecular formula is C15H23ClN2. The fourth-order valence-electron chi connectivity index (χ4n) is 2.74. The maximum absolute atomic E-state index is 5.92. The highest BCUT2D eigenvalue weighted by atomic mass is 35.5. The minimum atomic E-state index is 0.575. The van der Waals surface area contributed by atoms with Gasteiger partial charge in [0, 0.05) is 36.2 Å². The minimum Gasteiger partial charge on any atom is -0.311 e. The Morgan fingerprint density at radius 3 is 2.67 bits per heavy atom. The van der Waals surface area contributed by atoms with Crippen LogP contribution < -0.4 is 5.32 Å². The highest BCUT2D eigenvalue weighted by Gasteiger charge is 2.26. The fraction of sp³-hybridized carbons (Fsp3) is 0.600. The number of nitrogens with zero attached hydrogens (tertiary/aromatic N) is 1. The van der Waals surface area contributed by atoms with Gasteiger partial charge in [-0.05, 0) is 44.9 Å². The molecule has 1 aromatic carbocycles. The van der Waals surface area contributed by atoms with Crippen LogP contribution in [0.3, 0.4) is 0 Å². The van der Waals surface area contributed by atoms with E-state index in [0.29, 0.717) is 18.1 Å². The summed E-state index contributed by atoms with van der Waals surface area (Å²) in [5.74, 6) is 0. The summed E-state index contributed by atoms with van der Waals surface area (Å²) < 4.78 is 0. The predicted octanol–water partition coefficient (Wildman–Crippen LogP) is 2.95. The summed E-state index contributed by atoms with van der Waals surface area (Å²) in [7, 11) is 0. The van der Waals surface area contributed by atoms with Crippen LogP contribution in [0.1, 0.15) is 26.3 Å². The van der Waals surface area contributed by atoms with Gasteiger partial charge in [0.2, 0.25) is 0 Å². The second kappa shape index (κ2) is 6.05. The quantitative estimate of drug-likeness (QED) is 0.905. The number of nitrogens with one attached hydrogen (secondary N) is 1. The van der Waals surface area contributed by atoms with E-state index in [1.165, 1.54) is 5.56 Å². The van der Waals surface area contributed by atoms with Gasteiger partial charge >= 0.3 is 0 Å². The Morgan fingerprint density at radius 1 is 1.33 bits per heavy atom. The summed E-state index contributed by atoms with van der Waals surface area (Å²) >= 11 is 5.92. The van der Waals surface area contributed by atoms with E-state index in [0.717, 1.165) is 24.5 Å². The molecule has 3 unspecified atom stereocenters. The van der Waals surface area contributed by atoms with Crippen LogP contribution in [0, 0.1) is 0 Å². The molecule has 1 saturated heterocycles. The monoisotopic (exact) mass is 266 g/mol. The molecule has 2 nitrogen and oxygen atoms in total. The summed E-state index contributed by atoms with van der Waals surface area (Å²) in [6, 6.07) is 10.0. The van der Waals surface area contributed by atoms with Crippen molar-refractivity contribution >= 4 is 11.6 Å². The molecule has 0 aliphatic carbocycles. The van der Waals surface area contributed by atoms with Crippen LogP contribution in [0.4, 0.5) is 0 Å². The molecule has 1 aliphatic rings. The van der Waals surface area contributed by atoms with E-state index < -0.39 is 0 Å². The summed E-state index contributed by atoms with van der Waals surface area (Å²) in [6.07, 6.45) is 1.09. The first-order valence-electron chi connectivity index (χ1n) is 6.80. The van der Waals surface area contributed by atoms with E-state index in [-0.39, 0.29) is 0 Å². The Bertz CT molecular complexity index is 377. The molecule has 2 rings (SSSR count). The largest absolute Gasteiger partial charge is 0.311 e. The lowest BCUT2D eigenvalue weighted by Gasteiger charge is -2.41. The maximum atomic E-state index is 5.92. The molecule has 0 bridgehead atoms. The van der Waals surface area contributed by atoms with Crippen LogP contribution >= 0.6 is 11.6 Å². The summed E-state index contributed by atoms with van der Waals surface area (Å²) in [6.45, 7) is 9.11. The zero-order chi connectivity index (χ0) is 13.1. The topological polar surface area (TPSA) is 15.3 Å². The smallest absolute Gasteiger partial charge is 0.0406 e. The van der Waals surface area contributed by atoms with Crippen LogP contribution in [0.15, 0.2) is 24.3 Å². The number of piperazine rings is 1. The fourth-order valence-corrected chi connectivity index (χ4v) is 2.87. The van der Waals surface area contributed by atoms with Gasteiger partial charge in [0.1, 0.15) is 0 Å². The van der Waals surface area contributed by atoms with E-state index in [4.69, 9.17) is 11.6 Å². The molecule has 1 fully saturated rings. The molecule has 1 aromatic rings. The Morgan fingerprint density at radius 2 is 2.00 bits per heavy atom. The highest BCUT2D eigenvalue weighted by molar-refractivity contribution is 6.30. The first kappa shape index (κ1) is 13.9. The summed E-state index contributed by atoms with van der Waals surface area (Å²) in [5, 5.41) is 4.34. The molecule has 0 spiro atoms. The number of rotatable bonds is 3. The molecule has 0 radical (unpaired) electrons. The van der Waals surface area contributed by atoms with Crippen molar-refractivity contribution in [3.63, 3.8) is 0 Å². The van der Waals surface area contributed by atoms with Crippen LogP contribution in [0.5, 0.6) is 0 Å². The number of hydrogen-bond donors (Lipinski definition) is 1. The van der Waals surface area contributed by atoms with E-state index in [9.17, 15) is 0 Å². The standard InChI is InChI=1S/C15H23ClN2/c1-11-10-18(13(3)9-17-11)12(2)8-14-4-6-15(16)7-5-14/h4-7,11-13,17H,8-10H2,1-3H3. The molecule has 0 aromatic heterocycles. The third-order valence-electron chi connectivity index (χ3n) is 3.82. The number of benzene rings is 1. The summed E-state index contributed by atoms with van der Waals surface area (Å²) in [5.41, 5.74) is 1.37. The minimum absolute atomic E-state index is 0.575. The predicted molar refractivity (Wildman–Crippen MR) is 78.3 cm³/mol. The van der Waals surface area contributed by atoms with Crippen LogP contribution in [-0.2, 0) is 6.42 Å². The third kappa shape index (κ3) is 3.47. The molecule has 0 saturated carbocycles. The first-order chi connectivity index (χ1) is 8.56. The van der Waals surface area contributed by atoms with Gasteiger partial charge in [-0.1, -0.05) is 23.7 Å². The normalized spacial score (nSPS) is 27.1. The maximum Gasteiger partial charge on any atom is 0.0406 e. The average Bonchev–Trinajstić information content (AvgIpc) is 2.35. The van der Waals surface area contributed by atoms with Crippen molar-refractivity contribution in [3.05, 3.63) is 34.9 Å². The van der Waals surface area contributed by atoms with Gasteiger partial charge in [-0.15, -0.1) is 0 Å². The van der Waals surface area contributed by atoms with Crippen molar-refractivity contribution in [3.8, 4) is 0 Å². The van der Waals surface area contributed by atoms with Gasteiger partial charge in [0.05, 0.1) is 0 Å². The third-order valence-corrected chi connectivity index (χ3v) is 4.08. The van der Waals surface area contributed by atoms with E-state index in [1.54, 1.807) is 0 Å². The lowest BCUT2D eigenvalue weighted by atomic mass is 10.0. The second-order valence-corrected chi connectivity index (χ2v) is 5.97. The Labute approximate surface area is 115 Å². The number of hydrogen-bond acceptors (Lipinski definition) is 2. The first-order valence-corrected chi connectivity index (χ1v) is 7.17. The molecule has 3 atom stereocenters. The van der Waals surface area contributed by atoms with Crippen molar-refractivity contribution in [1.29, 1.82) is 0 Å². The second-order valence-electron chi connectivity index (χ2n) is 5.53. The van der Waals surface area contributed by atoms with Gasteiger partial charge in [0.25, 0.3) is 0 Å². The van der Waals surface area contributed by atoms with Crippen LogP contribution in [0.2, 0.25) is 5.02 Å². The molecular weight excluding hydrogens is 244 g/mol. The van der Waals surface area contributed by atoms with Gasteiger partial charge in [-0.2, -0.15) is 0 Å². The van der Waals surface area contributed by atoms with Crippen molar-refractivity contribution in [2.45, 2.75) is 45.3 Å². The van der Waals surface area contributed by atoms with Crippen LogP contribution in [0.25, 0.3) is 0 Å². The molecule has 1 N–H and O–H groups in total. The molecule has 0 amide bonds. The Kier molecular flexibility index (Phi) is 4.66. The van der Waals surface area contributed by atoms with Gasteiger partial charge < -0.3 is 5.32 Å². The Balaban J connectivity index is 1.98. The lowest BCUT2D eigenvalue weighted by molar-refractivity contribution is 0.103. The molecule has 1 heterocycles. The molecule has 3 heteroatoms. The van der Waals surface area contributed by atoms with E-state index in [1.807, 2.05) is 12.1 Å². The Hall–Kier alpha value is -0.570. The van der Waals surface area contributed by atoms with Gasteiger partial charge in [0.15, 0.2) is 0 Å². The van der Waals surface area contributed by atoms with Gasteiger partial charge in [-0.3, -0.25) is 4.90 Å². The van der Waals surface area contributed by atoms with Crippen molar-refractivity contribution < 1.29 is 0 Å². The van der Waals surface area contributed by atoms with Crippen molar-refractivity contribution in [1.82, 2.24) is 10.2 Å². The van der Waals surface area contributed by atoms with Gasteiger partial charge in [-0.25, -0.2) is 0 Å². The zero-order valence-corrected chi connectivity index (χ0v) is 12.2.